The van der Waals surface area contributed by atoms with Gasteiger partial charge in [0.05, 0.1) is 12.7 Å². The van der Waals surface area contributed by atoms with Crippen LogP contribution in [0.5, 0.6) is 0 Å². The number of alkyl halides is 1. The Kier molecular flexibility index (Phi) is 4.46. The maximum Gasteiger partial charge on any atom is 0.0592 e. The SMILES string of the molecule is CC(Br)COC1CCCCC1. The van der Waals surface area contributed by atoms with Gasteiger partial charge in [-0.2, -0.15) is 0 Å². The van der Waals surface area contributed by atoms with Crippen LogP contribution >= 0.6 is 15.9 Å². The molecule has 0 aromatic rings. The zero-order valence-electron chi connectivity index (χ0n) is 7.18. The summed E-state index contributed by atoms with van der Waals surface area (Å²) in [5.41, 5.74) is 0. The fraction of sp³-hybridized carbons (Fsp3) is 1.00. The monoisotopic (exact) mass is 220 g/mol. The number of halogens is 1. The molecule has 1 atom stereocenters. The van der Waals surface area contributed by atoms with E-state index >= 15 is 0 Å². The van der Waals surface area contributed by atoms with Gasteiger partial charge in [-0.3, -0.25) is 0 Å². The highest BCUT2D eigenvalue weighted by Gasteiger charge is 2.13. The van der Waals surface area contributed by atoms with Crippen molar-refractivity contribution in [2.24, 2.45) is 0 Å². The van der Waals surface area contributed by atoms with E-state index in [-0.39, 0.29) is 0 Å². The number of rotatable bonds is 3. The van der Waals surface area contributed by atoms with Crippen molar-refractivity contribution in [3.63, 3.8) is 0 Å². The quantitative estimate of drug-likeness (QED) is 0.665. The summed E-state index contributed by atoms with van der Waals surface area (Å²) in [7, 11) is 0. The van der Waals surface area contributed by atoms with Gasteiger partial charge in [0.15, 0.2) is 0 Å². The van der Waals surface area contributed by atoms with Crippen molar-refractivity contribution in [3.05, 3.63) is 0 Å². The number of hydrogen-bond acceptors (Lipinski definition) is 1. The van der Waals surface area contributed by atoms with Crippen LogP contribution in [0, 0.1) is 0 Å². The third-order valence-electron chi connectivity index (χ3n) is 2.11. The Labute approximate surface area is 77.6 Å². The zero-order chi connectivity index (χ0) is 8.10. The van der Waals surface area contributed by atoms with E-state index < -0.39 is 0 Å². The highest BCUT2D eigenvalue weighted by molar-refractivity contribution is 9.09. The summed E-state index contributed by atoms with van der Waals surface area (Å²) in [6, 6.07) is 0. The van der Waals surface area contributed by atoms with Crippen molar-refractivity contribution in [2.45, 2.75) is 50.0 Å². The van der Waals surface area contributed by atoms with Crippen LogP contribution in [0.2, 0.25) is 0 Å². The topological polar surface area (TPSA) is 9.23 Å². The van der Waals surface area contributed by atoms with Gasteiger partial charge in [0.1, 0.15) is 0 Å². The Bertz CT molecular complexity index is 97.7. The van der Waals surface area contributed by atoms with Crippen LogP contribution in [-0.2, 0) is 4.74 Å². The molecule has 0 bridgehead atoms. The maximum atomic E-state index is 5.70. The molecule has 1 saturated carbocycles. The van der Waals surface area contributed by atoms with Crippen molar-refractivity contribution in [1.29, 1.82) is 0 Å². The second kappa shape index (κ2) is 5.15. The summed E-state index contributed by atoms with van der Waals surface area (Å²) in [6.45, 7) is 2.99. The van der Waals surface area contributed by atoms with Crippen LogP contribution < -0.4 is 0 Å². The van der Waals surface area contributed by atoms with E-state index in [9.17, 15) is 0 Å². The second-order valence-corrected chi connectivity index (χ2v) is 4.94. The molecule has 0 heterocycles. The maximum absolute atomic E-state index is 5.70. The van der Waals surface area contributed by atoms with Gasteiger partial charge in [-0.05, 0) is 12.8 Å². The molecule has 0 spiro atoms. The Morgan fingerprint density at radius 2 is 2.00 bits per heavy atom. The number of ether oxygens (including phenoxy) is 1. The van der Waals surface area contributed by atoms with Crippen LogP contribution in [-0.4, -0.2) is 17.5 Å². The first kappa shape index (κ1) is 9.53. The zero-order valence-corrected chi connectivity index (χ0v) is 8.77. The lowest BCUT2D eigenvalue weighted by molar-refractivity contribution is 0.0315. The van der Waals surface area contributed by atoms with E-state index in [1.54, 1.807) is 0 Å². The van der Waals surface area contributed by atoms with Crippen LogP contribution in [0.3, 0.4) is 0 Å². The minimum Gasteiger partial charge on any atom is -0.377 e. The van der Waals surface area contributed by atoms with Crippen LogP contribution in [0.15, 0.2) is 0 Å². The Hall–Kier alpha value is 0.440. The molecule has 0 aromatic carbocycles. The number of hydrogen-bond donors (Lipinski definition) is 0. The fourth-order valence-electron chi connectivity index (χ4n) is 1.50. The Balaban J connectivity index is 2.05. The molecule has 0 N–H and O–H groups in total. The van der Waals surface area contributed by atoms with Gasteiger partial charge in [-0.25, -0.2) is 0 Å². The van der Waals surface area contributed by atoms with Crippen molar-refractivity contribution in [2.75, 3.05) is 6.61 Å². The molecule has 1 aliphatic rings. The van der Waals surface area contributed by atoms with E-state index in [2.05, 4.69) is 22.9 Å². The molecule has 0 amide bonds. The molecule has 1 nitrogen and oxygen atoms in total. The third kappa shape index (κ3) is 4.12. The molecule has 0 aliphatic heterocycles. The van der Waals surface area contributed by atoms with Crippen molar-refractivity contribution < 1.29 is 4.74 Å². The summed E-state index contributed by atoms with van der Waals surface area (Å²) >= 11 is 3.48. The fourth-order valence-corrected chi connectivity index (χ4v) is 1.65. The summed E-state index contributed by atoms with van der Waals surface area (Å²) in [5, 5.41) is 0. The van der Waals surface area contributed by atoms with E-state index in [4.69, 9.17) is 4.74 Å². The summed E-state index contributed by atoms with van der Waals surface area (Å²) in [5.74, 6) is 0. The predicted octanol–water partition coefficient (Wildman–Crippen LogP) is 3.12. The molecule has 0 aromatic heterocycles. The van der Waals surface area contributed by atoms with Crippen molar-refractivity contribution in [3.8, 4) is 0 Å². The van der Waals surface area contributed by atoms with Gasteiger partial charge in [0, 0.05) is 4.83 Å². The smallest absolute Gasteiger partial charge is 0.0592 e. The van der Waals surface area contributed by atoms with E-state index in [0.29, 0.717) is 10.9 Å². The first-order valence-corrected chi connectivity index (χ1v) is 5.46. The standard InChI is InChI=1S/C9H17BrO/c1-8(10)7-11-9-5-3-2-4-6-9/h8-9H,2-7H2,1H3. The summed E-state index contributed by atoms with van der Waals surface area (Å²) in [6.07, 6.45) is 7.25. The lowest BCUT2D eigenvalue weighted by Gasteiger charge is -2.22. The molecule has 1 fully saturated rings. The van der Waals surface area contributed by atoms with Gasteiger partial charge >= 0.3 is 0 Å². The van der Waals surface area contributed by atoms with Crippen molar-refractivity contribution in [1.82, 2.24) is 0 Å². The van der Waals surface area contributed by atoms with Gasteiger partial charge in [0.25, 0.3) is 0 Å². The molecule has 1 rings (SSSR count). The molecular weight excluding hydrogens is 204 g/mol. The highest BCUT2D eigenvalue weighted by atomic mass is 79.9. The van der Waals surface area contributed by atoms with E-state index in [1.165, 1.54) is 32.1 Å². The summed E-state index contributed by atoms with van der Waals surface area (Å²) in [4.78, 5) is 0.504. The molecule has 66 valence electrons. The Morgan fingerprint density at radius 1 is 1.36 bits per heavy atom. The first-order valence-electron chi connectivity index (χ1n) is 4.54. The highest BCUT2D eigenvalue weighted by Crippen LogP contribution is 2.20. The minimum absolute atomic E-state index is 0.504. The van der Waals surface area contributed by atoms with Gasteiger partial charge in [-0.1, -0.05) is 42.1 Å². The lowest BCUT2D eigenvalue weighted by Crippen LogP contribution is -2.19. The normalized spacial score (nSPS) is 23.5. The molecule has 0 saturated heterocycles. The molecule has 11 heavy (non-hydrogen) atoms. The molecule has 1 unspecified atom stereocenters. The van der Waals surface area contributed by atoms with Crippen LogP contribution in [0.25, 0.3) is 0 Å². The first-order chi connectivity index (χ1) is 5.29. The van der Waals surface area contributed by atoms with Crippen molar-refractivity contribution >= 4 is 15.9 Å². The van der Waals surface area contributed by atoms with Gasteiger partial charge in [0.2, 0.25) is 0 Å². The van der Waals surface area contributed by atoms with Crippen LogP contribution in [0.1, 0.15) is 39.0 Å². The Morgan fingerprint density at radius 3 is 2.55 bits per heavy atom. The average molecular weight is 221 g/mol. The largest absolute Gasteiger partial charge is 0.377 e. The van der Waals surface area contributed by atoms with Gasteiger partial charge < -0.3 is 4.74 Å². The average Bonchev–Trinajstić information content (AvgIpc) is 2.03. The predicted molar refractivity (Wildman–Crippen MR) is 51.2 cm³/mol. The lowest BCUT2D eigenvalue weighted by atomic mass is 9.98. The second-order valence-electron chi connectivity index (χ2n) is 3.37. The van der Waals surface area contributed by atoms with Crippen LogP contribution in [0.4, 0.5) is 0 Å². The molecular formula is C9H17BrO. The van der Waals surface area contributed by atoms with E-state index in [1.807, 2.05) is 0 Å². The third-order valence-corrected chi connectivity index (χ3v) is 2.38. The van der Waals surface area contributed by atoms with Gasteiger partial charge in [-0.15, -0.1) is 0 Å². The molecule has 1 aliphatic carbocycles. The molecule has 2 heteroatoms. The van der Waals surface area contributed by atoms with E-state index in [0.717, 1.165) is 6.61 Å². The minimum atomic E-state index is 0.504. The summed E-state index contributed by atoms with van der Waals surface area (Å²) < 4.78 is 5.70. The molecule has 0 radical (unpaired) electrons.